The number of amides is 1. The van der Waals surface area contributed by atoms with Crippen LogP contribution in [-0.4, -0.2) is 33.0 Å². The quantitative estimate of drug-likeness (QED) is 0.549. The molecule has 0 aliphatic rings. The number of aromatic nitrogens is 2. The van der Waals surface area contributed by atoms with Crippen molar-refractivity contribution in [1.82, 2.24) is 15.3 Å². The van der Waals surface area contributed by atoms with Crippen molar-refractivity contribution in [2.45, 2.75) is 32.2 Å². The molecule has 8 heteroatoms. The predicted octanol–water partition coefficient (Wildman–Crippen LogP) is -0.564. The monoisotopic (exact) mass is 269 g/mol. The highest BCUT2D eigenvalue weighted by molar-refractivity contribution is 5.94. The number of carbonyl (C=O) groups excluding carboxylic acids is 1. The summed E-state index contributed by atoms with van der Waals surface area (Å²) in [4.78, 5) is 48.8. The average Bonchev–Trinajstić information content (AvgIpc) is 2.32. The lowest BCUT2D eigenvalue weighted by atomic mass is 10.1. The van der Waals surface area contributed by atoms with Crippen LogP contribution in [0.15, 0.2) is 15.7 Å². The van der Waals surface area contributed by atoms with Crippen molar-refractivity contribution < 1.29 is 14.7 Å². The number of H-pyrrole nitrogens is 2. The van der Waals surface area contributed by atoms with Gasteiger partial charge in [-0.2, -0.15) is 0 Å². The third-order valence-corrected chi connectivity index (χ3v) is 2.45. The first-order valence-electron chi connectivity index (χ1n) is 5.81. The van der Waals surface area contributed by atoms with E-state index in [0.29, 0.717) is 6.42 Å². The van der Waals surface area contributed by atoms with E-state index in [-0.39, 0.29) is 12.1 Å². The molecule has 0 aliphatic carbocycles. The topological polar surface area (TPSA) is 132 Å². The molecule has 0 fully saturated rings. The number of carboxylic acid groups (broad SMARTS) is 1. The number of carboxylic acids is 1. The highest BCUT2D eigenvalue weighted by Gasteiger charge is 2.20. The van der Waals surface area contributed by atoms with E-state index in [0.717, 1.165) is 12.5 Å². The van der Waals surface area contributed by atoms with E-state index < -0.39 is 29.2 Å². The molecule has 1 rings (SSSR count). The Morgan fingerprint density at radius 3 is 2.58 bits per heavy atom. The van der Waals surface area contributed by atoms with Crippen molar-refractivity contribution in [1.29, 1.82) is 0 Å². The SMILES string of the molecule is CCCCC(NC(=O)c1cc(=O)[nH]c(=O)[nH]1)C(=O)O. The summed E-state index contributed by atoms with van der Waals surface area (Å²) in [5.74, 6) is -1.96. The molecule has 1 heterocycles. The van der Waals surface area contributed by atoms with E-state index in [4.69, 9.17) is 5.11 Å². The third kappa shape index (κ3) is 4.41. The molecule has 0 saturated heterocycles. The summed E-state index contributed by atoms with van der Waals surface area (Å²) in [5, 5.41) is 11.2. The molecule has 19 heavy (non-hydrogen) atoms. The number of aromatic amines is 2. The second-order valence-electron chi connectivity index (χ2n) is 4.01. The lowest BCUT2D eigenvalue weighted by Crippen LogP contribution is -2.42. The Morgan fingerprint density at radius 2 is 2.05 bits per heavy atom. The Labute approximate surface area is 107 Å². The van der Waals surface area contributed by atoms with E-state index in [1.165, 1.54) is 0 Å². The molecule has 8 nitrogen and oxygen atoms in total. The second kappa shape index (κ2) is 6.53. The van der Waals surface area contributed by atoms with Crippen LogP contribution in [0.25, 0.3) is 0 Å². The Morgan fingerprint density at radius 1 is 1.37 bits per heavy atom. The summed E-state index contributed by atoms with van der Waals surface area (Å²) >= 11 is 0. The lowest BCUT2D eigenvalue weighted by molar-refractivity contribution is -0.139. The summed E-state index contributed by atoms with van der Waals surface area (Å²) in [5.41, 5.74) is -1.82. The zero-order valence-corrected chi connectivity index (χ0v) is 10.4. The molecule has 0 spiro atoms. The van der Waals surface area contributed by atoms with Gasteiger partial charge in [0.25, 0.3) is 11.5 Å². The molecule has 1 amide bonds. The number of nitrogens with one attached hydrogen (secondary N) is 3. The molecule has 0 aromatic carbocycles. The number of carbonyl (C=O) groups is 2. The van der Waals surface area contributed by atoms with Gasteiger partial charge in [0.05, 0.1) is 0 Å². The highest BCUT2D eigenvalue weighted by atomic mass is 16.4. The normalized spacial score (nSPS) is 11.8. The highest BCUT2D eigenvalue weighted by Crippen LogP contribution is 2.02. The van der Waals surface area contributed by atoms with Crippen LogP contribution < -0.4 is 16.6 Å². The first kappa shape index (κ1) is 14.7. The third-order valence-electron chi connectivity index (χ3n) is 2.45. The molecular weight excluding hydrogens is 254 g/mol. The zero-order chi connectivity index (χ0) is 14.4. The fourth-order valence-corrected chi connectivity index (χ4v) is 1.49. The maximum Gasteiger partial charge on any atom is 0.326 e. The van der Waals surface area contributed by atoms with Crippen LogP contribution in [0.1, 0.15) is 36.7 Å². The maximum atomic E-state index is 11.7. The minimum absolute atomic E-state index is 0.267. The number of aliphatic carboxylic acids is 1. The average molecular weight is 269 g/mol. The molecule has 104 valence electrons. The Hall–Kier alpha value is -2.38. The number of hydrogen-bond donors (Lipinski definition) is 4. The first-order valence-corrected chi connectivity index (χ1v) is 5.81. The van der Waals surface area contributed by atoms with Crippen molar-refractivity contribution in [3.8, 4) is 0 Å². The molecular formula is C11H15N3O5. The fourth-order valence-electron chi connectivity index (χ4n) is 1.49. The summed E-state index contributed by atoms with van der Waals surface area (Å²) < 4.78 is 0. The molecule has 0 radical (unpaired) electrons. The summed E-state index contributed by atoms with van der Waals surface area (Å²) in [6.45, 7) is 1.90. The summed E-state index contributed by atoms with van der Waals surface area (Å²) in [7, 11) is 0. The van der Waals surface area contributed by atoms with Crippen LogP contribution in [0.3, 0.4) is 0 Å². The van der Waals surface area contributed by atoms with Gasteiger partial charge in [-0.05, 0) is 6.42 Å². The van der Waals surface area contributed by atoms with Crippen molar-refractivity contribution in [3.05, 3.63) is 32.6 Å². The van der Waals surface area contributed by atoms with Gasteiger partial charge in [0.15, 0.2) is 0 Å². The van der Waals surface area contributed by atoms with Gasteiger partial charge in [-0.3, -0.25) is 14.6 Å². The van der Waals surface area contributed by atoms with Gasteiger partial charge >= 0.3 is 11.7 Å². The predicted molar refractivity (Wildman–Crippen MR) is 66.1 cm³/mol. The van der Waals surface area contributed by atoms with Crippen LogP contribution in [0.2, 0.25) is 0 Å². The fraction of sp³-hybridized carbons (Fsp3) is 0.455. The van der Waals surface area contributed by atoms with Gasteiger partial charge in [-0.25, -0.2) is 9.59 Å². The van der Waals surface area contributed by atoms with Crippen LogP contribution in [0.4, 0.5) is 0 Å². The molecule has 0 saturated carbocycles. The standard InChI is InChI=1S/C11H15N3O5/c1-2-3-4-6(10(17)18)12-9(16)7-5-8(15)14-11(19)13-7/h5-6H,2-4H2,1H3,(H,12,16)(H,17,18)(H2,13,14,15,19). The van der Waals surface area contributed by atoms with Crippen LogP contribution in [0.5, 0.6) is 0 Å². The van der Waals surface area contributed by atoms with E-state index in [1.807, 2.05) is 11.9 Å². The van der Waals surface area contributed by atoms with Crippen molar-refractivity contribution >= 4 is 11.9 Å². The molecule has 1 aromatic heterocycles. The van der Waals surface area contributed by atoms with Gasteiger partial charge in [0.1, 0.15) is 11.7 Å². The summed E-state index contributed by atoms with van der Waals surface area (Å²) in [6, 6.07) is -0.148. The van der Waals surface area contributed by atoms with Crippen LogP contribution >= 0.6 is 0 Å². The lowest BCUT2D eigenvalue weighted by Gasteiger charge is -2.13. The zero-order valence-electron chi connectivity index (χ0n) is 10.4. The first-order chi connectivity index (χ1) is 8.93. The second-order valence-corrected chi connectivity index (χ2v) is 4.01. The van der Waals surface area contributed by atoms with Crippen molar-refractivity contribution in [2.75, 3.05) is 0 Å². The van der Waals surface area contributed by atoms with E-state index >= 15 is 0 Å². The van der Waals surface area contributed by atoms with Crippen molar-refractivity contribution in [2.24, 2.45) is 0 Å². The minimum atomic E-state index is -1.16. The summed E-state index contributed by atoms with van der Waals surface area (Å²) in [6.07, 6.45) is 1.72. The maximum absolute atomic E-state index is 11.7. The largest absolute Gasteiger partial charge is 0.480 e. The minimum Gasteiger partial charge on any atom is -0.480 e. The number of unbranched alkanes of at least 4 members (excludes halogenated alkanes) is 1. The van der Waals surface area contributed by atoms with Gasteiger partial charge in [-0.1, -0.05) is 19.8 Å². The smallest absolute Gasteiger partial charge is 0.326 e. The van der Waals surface area contributed by atoms with Gasteiger partial charge in [0, 0.05) is 6.07 Å². The van der Waals surface area contributed by atoms with Crippen LogP contribution in [-0.2, 0) is 4.79 Å². The number of hydrogen-bond acceptors (Lipinski definition) is 4. The molecule has 1 atom stereocenters. The van der Waals surface area contributed by atoms with Gasteiger partial charge in [-0.15, -0.1) is 0 Å². The van der Waals surface area contributed by atoms with E-state index in [9.17, 15) is 19.2 Å². The molecule has 0 aliphatic heterocycles. The van der Waals surface area contributed by atoms with Gasteiger partial charge < -0.3 is 15.4 Å². The van der Waals surface area contributed by atoms with Crippen LogP contribution in [0, 0.1) is 0 Å². The van der Waals surface area contributed by atoms with Gasteiger partial charge in [0.2, 0.25) is 0 Å². The van der Waals surface area contributed by atoms with Crippen molar-refractivity contribution in [3.63, 3.8) is 0 Å². The Balaban J connectivity index is 2.84. The number of rotatable bonds is 6. The van der Waals surface area contributed by atoms with E-state index in [2.05, 4.69) is 10.3 Å². The Kier molecular flexibility index (Phi) is 5.04. The molecule has 0 bridgehead atoms. The molecule has 4 N–H and O–H groups in total. The Bertz CT molecular complexity index is 546. The molecule has 1 unspecified atom stereocenters. The van der Waals surface area contributed by atoms with E-state index in [1.54, 1.807) is 0 Å². The molecule has 1 aromatic rings.